The molecule has 9 nitrogen and oxygen atoms in total. The van der Waals surface area contributed by atoms with Crippen LogP contribution in [0, 0.1) is 0 Å². The predicted octanol–water partition coefficient (Wildman–Crippen LogP) is 1.05. The van der Waals surface area contributed by atoms with Gasteiger partial charge in [0.2, 0.25) is 5.91 Å². The first-order valence-electron chi connectivity index (χ1n) is 11.1. The van der Waals surface area contributed by atoms with Gasteiger partial charge in [0.05, 0.1) is 26.1 Å². The molecule has 0 radical (unpaired) electrons. The topological polar surface area (TPSA) is 96.8 Å². The second kappa shape index (κ2) is 8.05. The molecule has 1 aromatic carbocycles. The first kappa shape index (κ1) is 20.7. The number of nitrogens with one attached hydrogen (secondary N) is 1. The van der Waals surface area contributed by atoms with Crippen molar-refractivity contribution in [3.63, 3.8) is 0 Å². The molecule has 1 atom stereocenters. The smallest absolute Gasteiger partial charge is 0.275 e. The molecule has 1 saturated carbocycles. The highest BCUT2D eigenvalue weighted by Gasteiger charge is 2.53. The molecule has 1 aromatic heterocycles. The van der Waals surface area contributed by atoms with Gasteiger partial charge < -0.3 is 24.4 Å². The molecule has 2 aromatic rings. The summed E-state index contributed by atoms with van der Waals surface area (Å²) in [4.78, 5) is 47.7. The van der Waals surface area contributed by atoms with Gasteiger partial charge >= 0.3 is 0 Å². The van der Waals surface area contributed by atoms with Crippen LogP contribution in [-0.4, -0.2) is 75.0 Å². The van der Waals surface area contributed by atoms with Crippen molar-refractivity contribution in [3.05, 3.63) is 53.6 Å². The van der Waals surface area contributed by atoms with Gasteiger partial charge in [0.15, 0.2) is 5.69 Å². The van der Waals surface area contributed by atoms with Gasteiger partial charge in [0, 0.05) is 25.7 Å². The highest BCUT2D eigenvalue weighted by molar-refractivity contribution is 6.07. The number of nitrogens with zero attached hydrogens (tertiary/aromatic N) is 4. The monoisotopic (exact) mass is 437 g/mol. The third kappa shape index (κ3) is 3.56. The maximum Gasteiger partial charge on any atom is 0.275 e. The Morgan fingerprint density at radius 2 is 1.91 bits per heavy atom. The Labute approximate surface area is 186 Å². The number of fused-ring (bicyclic) bond motifs is 1. The zero-order valence-corrected chi connectivity index (χ0v) is 18.1. The minimum atomic E-state index is -1.06. The number of rotatable bonds is 5. The van der Waals surface area contributed by atoms with Crippen LogP contribution >= 0.6 is 0 Å². The number of imidazole rings is 1. The molecule has 9 heteroatoms. The first-order valence-corrected chi connectivity index (χ1v) is 11.1. The SMILES string of the molecule is C[C@@]1(C(=O)NCc2ccccc2)Cn2cnc(C(=O)N3CCOCC3)c2C(=O)N1C1CC1. The summed E-state index contributed by atoms with van der Waals surface area (Å²) in [6.07, 6.45) is 3.22. The van der Waals surface area contributed by atoms with Crippen molar-refractivity contribution in [2.45, 2.75) is 44.4 Å². The van der Waals surface area contributed by atoms with Gasteiger partial charge in [0.25, 0.3) is 11.8 Å². The molecule has 3 heterocycles. The zero-order valence-electron chi connectivity index (χ0n) is 18.1. The Hall–Kier alpha value is -3.20. The minimum absolute atomic E-state index is 0.00460. The lowest BCUT2D eigenvalue weighted by Crippen LogP contribution is -2.64. The number of hydrogen-bond acceptors (Lipinski definition) is 5. The standard InChI is InChI=1S/C23H27N5O4/c1-23(22(31)24-13-16-5-3-2-4-6-16)14-27-15-25-18(20(29)26-9-11-32-12-10-26)19(27)21(30)28(23)17-7-8-17/h2-6,15,17H,7-14H2,1H3,(H,24,31)/t23-/m0/s1. The molecular weight excluding hydrogens is 410 g/mol. The van der Waals surface area contributed by atoms with Crippen molar-refractivity contribution in [2.24, 2.45) is 0 Å². The molecule has 5 rings (SSSR count). The number of hydrogen-bond donors (Lipinski definition) is 1. The molecule has 2 fully saturated rings. The summed E-state index contributed by atoms with van der Waals surface area (Å²) < 4.78 is 6.99. The molecular formula is C23H27N5O4. The Kier molecular flexibility index (Phi) is 5.21. The van der Waals surface area contributed by atoms with E-state index in [0.717, 1.165) is 18.4 Å². The summed E-state index contributed by atoms with van der Waals surface area (Å²) in [6, 6.07) is 9.68. The summed E-state index contributed by atoms with van der Waals surface area (Å²) in [7, 11) is 0. The average molecular weight is 438 g/mol. The van der Waals surface area contributed by atoms with Crippen LogP contribution in [0.5, 0.6) is 0 Å². The van der Waals surface area contributed by atoms with Gasteiger partial charge in [-0.15, -0.1) is 0 Å². The lowest BCUT2D eigenvalue weighted by molar-refractivity contribution is -0.133. The van der Waals surface area contributed by atoms with E-state index < -0.39 is 5.54 Å². The Morgan fingerprint density at radius 3 is 2.59 bits per heavy atom. The normalized spacial score (nSPS) is 23.1. The molecule has 32 heavy (non-hydrogen) atoms. The minimum Gasteiger partial charge on any atom is -0.378 e. The number of carbonyl (C=O) groups is 3. The van der Waals surface area contributed by atoms with Gasteiger partial charge in [0.1, 0.15) is 11.2 Å². The van der Waals surface area contributed by atoms with Crippen LogP contribution in [0.25, 0.3) is 0 Å². The van der Waals surface area contributed by atoms with E-state index in [4.69, 9.17) is 4.74 Å². The first-order chi connectivity index (χ1) is 15.5. The molecule has 1 aliphatic carbocycles. The lowest BCUT2D eigenvalue weighted by atomic mass is 9.93. The quantitative estimate of drug-likeness (QED) is 0.754. The number of ether oxygens (including phenoxy) is 1. The molecule has 3 amide bonds. The second-order valence-corrected chi connectivity index (χ2v) is 8.82. The molecule has 168 valence electrons. The second-order valence-electron chi connectivity index (χ2n) is 8.82. The van der Waals surface area contributed by atoms with E-state index in [2.05, 4.69) is 10.3 Å². The zero-order chi connectivity index (χ0) is 22.3. The van der Waals surface area contributed by atoms with Crippen molar-refractivity contribution < 1.29 is 19.1 Å². The van der Waals surface area contributed by atoms with Crippen molar-refractivity contribution >= 4 is 17.7 Å². The number of morpholine rings is 1. The largest absolute Gasteiger partial charge is 0.378 e. The number of aromatic nitrogens is 2. The van der Waals surface area contributed by atoms with E-state index in [1.807, 2.05) is 30.3 Å². The van der Waals surface area contributed by atoms with Gasteiger partial charge in [-0.3, -0.25) is 14.4 Å². The molecule has 1 saturated heterocycles. The van der Waals surface area contributed by atoms with E-state index in [1.165, 1.54) is 6.33 Å². The van der Waals surface area contributed by atoms with Crippen LogP contribution in [0.15, 0.2) is 36.7 Å². The fourth-order valence-corrected chi connectivity index (χ4v) is 4.60. The Balaban J connectivity index is 1.42. The van der Waals surface area contributed by atoms with E-state index in [-0.39, 0.29) is 41.7 Å². The van der Waals surface area contributed by atoms with Gasteiger partial charge in [-0.25, -0.2) is 4.98 Å². The molecule has 2 aliphatic heterocycles. The van der Waals surface area contributed by atoms with E-state index >= 15 is 0 Å². The van der Waals surface area contributed by atoms with Crippen molar-refractivity contribution in [1.29, 1.82) is 0 Å². The summed E-state index contributed by atoms with van der Waals surface area (Å²) in [6.45, 7) is 4.35. The van der Waals surface area contributed by atoms with Crippen molar-refractivity contribution in [2.75, 3.05) is 26.3 Å². The van der Waals surface area contributed by atoms with Crippen LogP contribution in [0.3, 0.4) is 0 Å². The third-order valence-electron chi connectivity index (χ3n) is 6.47. The van der Waals surface area contributed by atoms with Crippen LogP contribution in [0.1, 0.15) is 46.3 Å². The highest BCUT2D eigenvalue weighted by atomic mass is 16.5. The van der Waals surface area contributed by atoms with Gasteiger partial charge in [-0.2, -0.15) is 0 Å². The highest BCUT2D eigenvalue weighted by Crippen LogP contribution is 2.39. The summed E-state index contributed by atoms with van der Waals surface area (Å²) in [5.74, 6) is -0.768. The average Bonchev–Trinajstić information content (AvgIpc) is 3.56. The van der Waals surface area contributed by atoms with Crippen LogP contribution in [-0.2, 0) is 22.6 Å². The molecule has 0 unspecified atom stereocenters. The number of carbonyl (C=O) groups excluding carboxylic acids is 3. The molecule has 3 aliphatic rings. The summed E-state index contributed by atoms with van der Waals surface area (Å²) >= 11 is 0. The Morgan fingerprint density at radius 1 is 1.19 bits per heavy atom. The van der Waals surface area contributed by atoms with E-state index in [9.17, 15) is 14.4 Å². The predicted molar refractivity (Wildman–Crippen MR) is 115 cm³/mol. The number of amides is 3. The molecule has 0 bridgehead atoms. The van der Waals surface area contributed by atoms with Crippen LogP contribution in [0.4, 0.5) is 0 Å². The van der Waals surface area contributed by atoms with Crippen LogP contribution < -0.4 is 5.32 Å². The van der Waals surface area contributed by atoms with Gasteiger partial charge in [-0.05, 0) is 25.3 Å². The fourth-order valence-electron chi connectivity index (χ4n) is 4.60. The van der Waals surface area contributed by atoms with E-state index in [1.54, 1.807) is 21.3 Å². The lowest BCUT2D eigenvalue weighted by Gasteiger charge is -2.44. The van der Waals surface area contributed by atoms with Crippen molar-refractivity contribution in [3.8, 4) is 0 Å². The third-order valence-corrected chi connectivity index (χ3v) is 6.47. The maximum atomic E-state index is 13.7. The summed E-state index contributed by atoms with van der Waals surface area (Å²) in [5, 5.41) is 3.00. The van der Waals surface area contributed by atoms with Gasteiger partial charge in [-0.1, -0.05) is 30.3 Å². The van der Waals surface area contributed by atoms with E-state index in [0.29, 0.717) is 32.8 Å². The Bertz CT molecular complexity index is 1040. The number of benzene rings is 1. The molecule has 0 spiro atoms. The maximum absolute atomic E-state index is 13.7. The van der Waals surface area contributed by atoms with Crippen molar-refractivity contribution in [1.82, 2.24) is 24.7 Å². The molecule has 1 N–H and O–H groups in total. The van der Waals surface area contributed by atoms with Crippen LogP contribution in [0.2, 0.25) is 0 Å². The fraction of sp³-hybridized carbons (Fsp3) is 0.478. The summed E-state index contributed by atoms with van der Waals surface area (Å²) in [5.41, 5.74) is 0.377.